The van der Waals surface area contributed by atoms with E-state index in [2.05, 4.69) is 32.6 Å². The second-order valence-corrected chi connectivity index (χ2v) is 9.56. The van der Waals surface area contributed by atoms with Crippen LogP contribution in [-0.4, -0.2) is 22.8 Å². The number of fused-ring (bicyclic) bond motifs is 4. The quantitative estimate of drug-likeness (QED) is 0.431. The van der Waals surface area contributed by atoms with Crippen molar-refractivity contribution in [2.45, 2.75) is 77.4 Å². The third kappa shape index (κ3) is 2.70. The number of rotatable bonds is 2. The van der Waals surface area contributed by atoms with Crippen LogP contribution in [0.1, 0.15) is 65.7 Å². The summed E-state index contributed by atoms with van der Waals surface area (Å²) >= 11 is 0. The number of allylic oxidation sites excluding steroid dienone is 2. The smallest absolute Gasteiger partial charge is 0.302 e. The van der Waals surface area contributed by atoms with Gasteiger partial charge in [-0.05, 0) is 55.8 Å². The second kappa shape index (κ2) is 6.59. The molecule has 4 heteroatoms. The van der Waals surface area contributed by atoms with Crippen LogP contribution in [0.25, 0.3) is 0 Å². The fourth-order valence-electron chi connectivity index (χ4n) is 6.65. The summed E-state index contributed by atoms with van der Waals surface area (Å²) in [4.78, 5) is 11.4. The number of carbonyl (C=O) groups is 1. The molecular formula is C24H31NO3. The van der Waals surface area contributed by atoms with Gasteiger partial charge in [0.2, 0.25) is 0 Å². The molecule has 0 unspecified atom stereocenters. The van der Waals surface area contributed by atoms with Gasteiger partial charge in [0.1, 0.15) is 11.7 Å². The number of hydrogen-bond acceptors (Lipinski definition) is 4. The van der Waals surface area contributed by atoms with E-state index in [4.69, 9.17) is 4.74 Å². The monoisotopic (exact) mass is 381 g/mol. The zero-order valence-electron chi connectivity index (χ0n) is 17.3. The molecule has 0 aromatic heterocycles. The Morgan fingerprint density at radius 3 is 2.79 bits per heavy atom. The molecule has 0 bridgehead atoms. The number of aliphatic hydroxyl groups is 1. The van der Waals surface area contributed by atoms with Crippen molar-refractivity contribution in [2.24, 2.45) is 23.2 Å². The lowest BCUT2D eigenvalue weighted by Gasteiger charge is -2.49. The molecule has 0 radical (unpaired) electrons. The highest BCUT2D eigenvalue weighted by Crippen LogP contribution is 2.63. The van der Waals surface area contributed by atoms with Crippen molar-refractivity contribution in [3.05, 3.63) is 34.9 Å². The van der Waals surface area contributed by atoms with Crippen molar-refractivity contribution in [1.82, 2.24) is 0 Å². The van der Waals surface area contributed by atoms with E-state index in [-0.39, 0.29) is 23.4 Å². The Morgan fingerprint density at radius 2 is 2.11 bits per heavy atom. The van der Waals surface area contributed by atoms with E-state index >= 15 is 0 Å². The first-order valence-corrected chi connectivity index (χ1v) is 10.6. The van der Waals surface area contributed by atoms with Crippen molar-refractivity contribution in [2.75, 3.05) is 0 Å². The van der Waals surface area contributed by atoms with E-state index in [1.165, 1.54) is 23.6 Å². The lowest BCUT2D eigenvalue weighted by atomic mass is 9.56. The summed E-state index contributed by atoms with van der Waals surface area (Å²) in [5, 5.41) is 20.5. The summed E-state index contributed by atoms with van der Waals surface area (Å²) in [5.74, 6) is 0.873. The minimum absolute atomic E-state index is 0.0142. The normalized spacial score (nSPS) is 41.9. The Bertz CT molecular complexity index is 831. The number of hydrogen-bond donors (Lipinski definition) is 1. The Morgan fingerprint density at radius 1 is 1.36 bits per heavy atom. The maximum absolute atomic E-state index is 11.4. The van der Waals surface area contributed by atoms with Crippen LogP contribution in [0.5, 0.6) is 0 Å². The number of esters is 1. The van der Waals surface area contributed by atoms with Gasteiger partial charge in [-0.2, -0.15) is 5.26 Å². The maximum Gasteiger partial charge on any atom is 0.302 e. The van der Waals surface area contributed by atoms with E-state index in [1.54, 1.807) is 0 Å². The molecule has 1 saturated carbocycles. The summed E-state index contributed by atoms with van der Waals surface area (Å²) in [6.07, 6.45) is 8.77. The van der Waals surface area contributed by atoms with Crippen LogP contribution in [0, 0.1) is 34.5 Å². The summed E-state index contributed by atoms with van der Waals surface area (Å²) < 4.78 is 5.51. The fraction of sp³-hybridized carbons (Fsp3) is 0.667. The van der Waals surface area contributed by atoms with Gasteiger partial charge in [-0.3, -0.25) is 4.79 Å². The van der Waals surface area contributed by atoms with E-state index in [9.17, 15) is 15.2 Å². The molecule has 6 atom stereocenters. The number of ether oxygens (including phenoxy) is 1. The Hall–Kier alpha value is -1.86. The standard InChI is InChI=1S/C24H31NO3/c1-14(13-25)24(27)10-8-19-20-6-5-17-11-18(28-16(3)26)7-9-23(17,4)22(20)12-21(19)15(24)2/h5,15,18,20,22,27H,1,6-12H2,2-4H3/t15-,18+,20+,22+,23+,24-/m1/s1. The Kier molecular flexibility index (Phi) is 4.58. The van der Waals surface area contributed by atoms with Crippen LogP contribution >= 0.6 is 0 Å². The minimum atomic E-state index is -1.09. The van der Waals surface area contributed by atoms with E-state index in [0.717, 1.165) is 38.5 Å². The van der Waals surface area contributed by atoms with Gasteiger partial charge in [0, 0.05) is 19.3 Å². The topological polar surface area (TPSA) is 70.3 Å². The molecule has 0 spiro atoms. The highest BCUT2D eigenvalue weighted by molar-refractivity contribution is 5.66. The van der Waals surface area contributed by atoms with E-state index < -0.39 is 5.60 Å². The summed E-state index contributed by atoms with van der Waals surface area (Å²) in [6, 6.07) is 2.10. The predicted octanol–water partition coefficient (Wildman–Crippen LogP) is 4.61. The van der Waals surface area contributed by atoms with Gasteiger partial charge >= 0.3 is 5.97 Å². The predicted molar refractivity (Wildman–Crippen MR) is 107 cm³/mol. The highest BCUT2D eigenvalue weighted by atomic mass is 16.5. The highest BCUT2D eigenvalue weighted by Gasteiger charge is 2.55. The molecule has 28 heavy (non-hydrogen) atoms. The number of nitriles is 1. The molecule has 0 aromatic carbocycles. The van der Waals surface area contributed by atoms with Crippen molar-refractivity contribution in [3.63, 3.8) is 0 Å². The number of carbonyl (C=O) groups excluding carboxylic acids is 1. The molecule has 0 saturated heterocycles. The van der Waals surface area contributed by atoms with Crippen molar-refractivity contribution < 1.29 is 14.6 Å². The molecule has 4 aliphatic rings. The van der Waals surface area contributed by atoms with Crippen LogP contribution in [0.3, 0.4) is 0 Å². The van der Waals surface area contributed by atoms with Gasteiger partial charge in [-0.1, -0.05) is 43.2 Å². The first-order chi connectivity index (χ1) is 13.2. The summed E-state index contributed by atoms with van der Waals surface area (Å²) in [7, 11) is 0. The van der Waals surface area contributed by atoms with E-state index in [1.807, 2.05) is 0 Å². The van der Waals surface area contributed by atoms with Gasteiger partial charge in [-0.25, -0.2) is 0 Å². The Balaban J connectivity index is 1.59. The third-order valence-corrected chi connectivity index (χ3v) is 8.39. The molecule has 4 rings (SSSR count). The zero-order valence-corrected chi connectivity index (χ0v) is 17.3. The van der Waals surface area contributed by atoms with Gasteiger partial charge in [0.25, 0.3) is 0 Å². The summed E-state index contributed by atoms with van der Waals surface area (Å²) in [5.41, 5.74) is 3.71. The van der Waals surface area contributed by atoms with E-state index in [0.29, 0.717) is 23.8 Å². The fourth-order valence-corrected chi connectivity index (χ4v) is 6.65. The van der Waals surface area contributed by atoms with Crippen LogP contribution in [-0.2, 0) is 9.53 Å². The molecule has 150 valence electrons. The molecular weight excluding hydrogens is 350 g/mol. The zero-order chi connectivity index (χ0) is 20.3. The van der Waals surface area contributed by atoms with Gasteiger partial charge in [-0.15, -0.1) is 0 Å². The van der Waals surface area contributed by atoms with Gasteiger partial charge in [0.05, 0.1) is 11.6 Å². The minimum Gasteiger partial charge on any atom is -0.462 e. The molecule has 0 aromatic rings. The molecule has 1 fully saturated rings. The maximum atomic E-state index is 11.4. The second-order valence-electron chi connectivity index (χ2n) is 9.56. The van der Waals surface area contributed by atoms with Gasteiger partial charge < -0.3 is 9.84 Å². The van der Waals surface area contributed by atoms with Crippen molar-refractivity contribution in [3.8, 4) is 6.07 Å². The average Bonchev–Trinajstić information content (AvgIpc) is 3.04. The summed E-state index contributed by atoms with van der Waals surface area (Å²) in [6.45, 7) is 9.81. The first kappa shape index (κ1) is 19.5. The molecule has 0 amide bonds. The third-order valence-electron chi connectivity index (χ3n) is 8.39. The first-order valence-electron chi connectivity index (χ1n) is 10.6. The van der Waals surface area contributed by atoms with Crippen LogP contribution < -0.4 is 0 Å². The molecule has 4 nitrogen and oxygen atoms in total. The van der Waals surface area contributed by atoms with Gasteiger partial charge in [0.15, 0.2) is 0 Å². The molecule has 0 heterocycles. The SMILES string of the molecule is C=C(C#N)[C@]1(O)CCC2=C(C[C@H]3[C@H]2CC=C2C[C@@H](OC(C)=O)CC[C@@]23C)[C@H]1C. The lowest BCUT2D eigenvalue weighted by Crippen LogP contribution is -2.41. The Labute approximate surface area is 168 Å². The molecule has 4 aliphatic carbocycles. The average molecular weight is 382 g/mol. The van der Waals surface area contributed by atoms with Crippen LogP contribution in [0.2, 0.25) is 0 Å². The lowest BCUT2D eigenvalue weighted by molar-refractivity contribution is -0.148. The number of nitrogens with zero attached hydrogens (tertiary/aromatic N) is 1. The molecule has 0 aliphatic heterocycles. The van der Waals surface area contributed by atoms with Crippen LogP contribution in [0.4, 0.5) is 0 Å². The molecule has 1 N–H and O–H groups in total. The van der Waals surface area contributed by atoms with Crippen LogP contribution in [0.15, 0.2) is 34.9 Å². The largest absolute Gasteiger partial charge is 0.462 e. The van der Waals surface area contributed by atoms with Crippen molar-refractivity contribution in [1.29, 1.82) is 5.26 Å². The van der Waals surface area contributed by atoms with Crippen molar-refractivity contribution >= 4 is 5.97 Å².